The molecule has 0 radical (unpaired) electrons. The molecule has 0 bridgehead atoms. The van der Waals surface area contributed by atoms with Crippen molar-refractivity contribution in [3.05, 3.63) is 58.6 Å². The summed E-state index contributed by atoms with van der Waals surface area (Å²) >= 11 is 5.95. The summed E-state index contributed by atoms with van der Waals surface area (Å²) in [5, 5.41) is 11.9. The summed E-state index contributed by atoms with van der Waals surface area (Å²) < 4.78 is 25.3. The van der Waals surface area contributed by atoms with Crippen molar-refractivity contribution in [2.75, 3.05) is 22.4 Å². The van der Waals surface area contributed by atoms with Crippen molar-refractivity contribution < 1.29 is 23.1 Å². The lowest BCUT2D eigenvalue weighted by atomic mass is 10.2. The average Bonchev–Trinajstić information content (AvgIpc) is 2.54. The first-order valence-corrected chi connectivity index (χ1v) is 9.68. The van der Waals surface area contributed by atoms with Crippen LogP contribution in [0.3, 0.4) is 0 Å². The summed E-state index contributed by atoms with van der Waals surface area (Å²) in [4.78, 5) is 23.6. The minimum Gasteiger partial charge on any atom is -0.478 e. The molecule has 0 heterocycles. The number of para-hydroxylation sites is 1. The number of carboxylic acids is 1. The number of benzene rings is 2. The maximum absolute atomic E-state index is 12.4. The van der Waals surface area contributed by atoms with Crippen LogP contribution in [-0.2, 0) is 14.8 Å². The number of aryl methyl sites for hydroxylation is 1. The van der Waals surface area contributed by atoms with E-state index in [1.807, 2.05) is 0 Å². The predicted molar refractivity (Wildman–Crippen MR) is 100 cm³/mol. The van der Waals surface area contributed by atoms with Crippen molar-refractivity contribution in [1.82, 2.24) is 0 Å². The molecule has 0 saturated heterocycles. The van der Waals surface area contributed by atoms with Crippen molar-refractivity contribution in [3.8, 4) is 0 Å². The van der Waals surface area contributed by atoms with Crippen molar-refractivity contribution in [2.24, 2.45) is 0 Å². The standard InChI is InChI=1S/C17H17ClN2O5S/c1-11-7-8-12(18)9-15(11)20(26(2,24)25)10-16(21)19-14-6-4-3-5-13(14)17(22)23/h3-9H,10H2,1-2H3,(H,19,21)(H,22,23). The van der Waals surface area contributed by atoms with Gasteiger partial charge in [-0.1, -0.05) is 29.8 Å². The molecule has 1 amide bonds. The van der Waals surface area contributed by atoms with Crippen LogP contribution in [0.2, 0.25) is 5.02 Å². The van der Waals surface area contributed by atoms with E-state index in [2.05, 4.69) is 5.32 Å². The summed E-state index contributed by atoms with van der Waals surface area (Å²) in [6.07, 6.45) is 0.978. The molecule has 0 fully saturated rings. The Morgan fingerprint density at radius 1 is 1.19 bits per heavy atom. The third-order valence-corrected chi connectivity index (χ3v) is 4.92. The number of aromatic carboxylic acids is 1. The molecule has 0 saturated carbocycles. The first kappa shape index (κ1) is 19.7. The molecule has 9 heteroatoms. The van der Waals surface area contributed by atoms with E-state index in [1.165, 1.54) is 24.3 Å². The van der Waals surface area contributed by atoms with Gasteiger partial charge in [0.05, 0.1) is 23.2 Å². The highest BCUT2D eigenvalue weighted by molar-refractivity contribution is 7.92. The third kappa shape index (κ3) is 4.74. The van der Waals surface area contributed by atoms with Crippen LogP contribution >= 0.6 is 11.6 Å². The maximum Gasteiger partial charge on any atom is 0.337 e. The third-order valence-electron chi connectivity index (χ3n) is 3.56. The fraction of sp³-hybridized carbons (Fsp3) is 0.176. The lowest BCUT2D eigenvalue weighted by Crippen LogP contribution is -2.38. The highest BCUT2D eigenvalue weighted by Gasteiger charge is 2.23. The number of carbonyl (C=O) groups is 2. The van der Waals surface area contributed by atoms with Gasteiger partial charge in [-0.3, -0.25) is 9.10 Å². The SMILES string of the molecule is Cc1ccc(Cl)cc1N(CC(=O)Nc1ccccc1C(=O)O)S(C)(=O)=O. The van der Waals surface area contributed by atoms with Crippen LogP contribution in [0.25, 0.3) is 0 Å². The van der Waals surface area contributed by atoms with Gasteiger partial charge in [-0.15, -0.1) is 0 Å². The van der Waals surface area contributed by atoms with Crippen LogP contribution in [0.4, 0.5) is 11.4 Å². The summed E-state index contributed by atoms with van der Waals surface area (Å²) in [5.41, 5.74) is 0.896. The monoisotopic (exact) mass is 396 g/mol. The topological polar surface area (TPSA) is 104 Å². The number of anilines is 2. The van der Waals surface area contributed by atoms with E-state index in [9.17, 15) is 18.0 Å². The average molecular weight is 397 g/mol. The quantitative estimate of drug-likeness (QED) is 0.781. The van der Waals surface area contributed by atoms with Crippen molar-refractivity contribution in [2.45, 2.75) is 6.92 Å². The van der Waals surface area contributed by atoms with Crippen LogP contribution in [-0.4, -0.2) is 38.2 Å². The number of halogens is 1. The number of nitrogens with one attached hydrogen (secondary N) is 1. The number of carbonyl (C=O) groups excluding carboxylic acids is 1. The Balaban J connectivity index is 2.32. The smallest absolute Gasteiger partial charge is 0.337 e. The van der Waals surface area contributed by atoms with E-state index in [-0.39, 0.29) is 16.9 Å². The predicted octanol–water partition coefficient (Wildman–Crippen LogP) is 2.75. The molecule has 0 spiro atoms. The van der Waals surface area contributed by atoms with E-state index >= 15 is 0 Å². The Labute approximate surface area is 156 Å². The lowest BCUT2D eigenvalue weighted by Gasteiger charge is -2.24. The Morgan fingerprint density at radius 2 is 1.85 bits per heavy atom. The summed E-state index contributed by atoms with van der Waals surface area (Å²) in [6.45, 7) is 1.18. The van der Waals surface area contributed by atoms with Gasteiger partial charge in [-0.2, -0.15) is 0 Å². The van der Waals surface area contributed by atoms with Gasteiger partial charge in [0.1, 0.15) is 6.54 Å². The first-order valence-electron chi connectivity index (χ1n) is 7.45. The van der Waals surface area contributed by atoms with Crippen LogP contribution in [0.1, 0.15) is 15.9 Å². The van der Waals surface area contributed by atoms with E-state index in [4.69, 9.17) is 16.7 Å². The van der Waals surface area contributed by atoms with Gasteiger partial charge in [-0.05, 0) is 36.8 Å². The summed E-state index contributed by atoms with van der Waals surface area (Å²) in [5.74, 6) is -1.88. The molecule has 7 nitrogen and oxygen atoms in total. The van der Waals surface area contributed by atoms with Crippen molar-refractivity contribution in [3.63, 3.8) is 0 Å². The number of carboxylic acid groups (broad SMARTS) is 1. The Morgan fingerprint density at radius 3 is 2.46 bits per heavy atom. The molecule has 2 aromatic rings. The zero-order valence-corrected chi connectivity index (χ0v) is 15.6. The van der Waals surface area contributed by atoms with Crippen molar-refractivity contribution in [1.29, 1.82) is 0 Å². The molecular formula is C17H17ClN2O5S. The number of hydrogen-bond acceptors (Lipinski definition) is 4. The van der Waals surface area contributed by atoms with Gasteiger partial charge >= 0.3 is 5.97 Å². The highest BCUT2D eigenvalue weighted by atomic mass is 35.5. The fourth-order valence-electron chi connectivity index (χ4n) is 2.33. The molecule has 0 atom stereocenters. The van der Waals surface area contributed by atoms with Gasteiger partial charge < -0.3 is 10.4 Å². The van der Waals surface area contributed by atoms with Crippen LogP contribution < -0.4 is 9.62 Å². The number of amides is 1. The number of rotatable bonds is 6. The molecular weight excluding hydrogens is 380 g/mol. The van der Waals surface area contributed by atoms with Crippen molar-refractivity contribution >= 4 is 44.9 Å². The minimum atomic E-state index is -3.77. The Kier molecular flexibility index (Phi) is 5.89. The molecule has 2 N–H and O–H groups in total. The molecule has 0 aliphatic carbocycles. The van der Waals surface area contributed by atoms with E-state index < -0.39 is 28.4 Å². The van der Waals surface area contributed by atoms with Gasteiger partial charge in [0.2, 0.25) is 15.9 Å². The molecule has 0 aromatic heterocycles. The van der Waals surface area contributed by atoms with E-state index in [1.54, 1.807) is 25.1 Å². The second-order valence-electron chi connectivity index (χ2n) is 5.60. The number of nitrogens with zero attached hydrogens (tertiary/aromatic N) is 1. The molecule has 0 aliphatic heterocycles. The Bertz CT molecular complexity index is 959. The highest BCUT2D eigenvalue weighted by Crippen LogP contribution is 2.26. The first-order chi connectivity index (χ1) is 12.1. The second-order valence-corrected chi connectivity index (χ2v) is 7.94. The molecule has 0 aliphatic rings. The van der Waals surface area contributed by atoms with Gasteiger partial charge in [0.15, 0.2) is 0 Å². The van der Waals surface area contributed by atoms with Gasteiger partial charge in [0.25, 0.3) is 0 Å². The van der Waals surface area contributed by atoms with E-state index in [0.29, 0.717) is 10.6 Å². The molecule has 138 valence electrons. The Hall–Kier alpha value is -2.58. The van der Waals surface area contributed by atoms with Gasteiger partial charge in [-0.25, -0.2) is 13.2 Å². The fourth-order valence-corrected chi connectivity index (χ4v) is 3.40. The number of hydrogen-bond donors (Lipinski definition) is 2. The maximum atomic E-state index is 12.4. The molecule has 2 rings (SSSR count). The van der Waals surface area contributed by atoms with Crippen LogP contribution in [0.5, 0.6) is 0 Å². The molecule has 0 unspecified atom stereocenters. The zero-order chi connectivity index (χ0) is 19.5. The van der Waals surface area contributed by atoms with E-state index in [0.717, 1.165) is 10.6 Å². The summed E-state index contributed by atoms with van der Waals surface area (Å²) in [6, 6.07) is 10.6. The molecule has 2 aromatic carbocycles. The minimum absolute atomic E-state index is 0.0845. The van der Waals surface area contributed by atoms with Crippen LogP contribution in [0.15, 0.2) is 42.5 Å². The molecule has 26 heavy (non-hydrogen) atoms. The zero-order valence-electron chi connectivity index (χ0n) is 14.1. The van der Waals surface area contributed by atoms with Crippen LogP contribution in [0, 0.1) is 6.92 Å². The largest absolute Gasteiger partial charge is 0.478 e. The number of sulfonamides is 1. The summed E-state index contributed by atoms with van der Waals surface area (Å²) in [7, 11) is -3.77. The normalized spacial score (nSPS) is 11.0. The second kappa shape index (κ2) is 7.76. The lowest BCUT2D eigenvalue weighted by molar-refractivity contribution is -0.114. The van der Waals surface area contributed by atoms with Gasteiger partial charge in [0, 0.05) is 5.02 Å².